The maximum atomic E-state index is 10.7. The predicted molar refractivity (Wildman–Crippen MR) is 53.9 cm³/mol. The van der Waals surface area contributed by atoms with Gasteiger partial charge < -0.3 is 10.2 Å². The monoisotopic (exact) mass is 194 g/mol. The lowest BCUT2D eigenvalue weighted by Crippen LogP contribution is -2.28. The maximum absolute atomic E-state index is 10.7. The van der Waals surface area contributed by atoms with Gasteiger partial charge >= 0.3 is 5.97 Å². The Balaban J connectivity index is 2.72. The zero-order valence-corrected chi connectivity index (χ0v) is 8.10. The molecule has 1 rings (SSSR count). The molecule has 0 saturated heterocycles. The average Bonchev–Trinajstić information content (AvgIpc) is 2.15. The lowest BCUT2D eigenvalue weighted by atomic mass is 9.88. The Kier molecular flexibility index (Phi) is 3.25. The second kappa shape index (κ2) is 4.24. The lowest BCUT2D eigenvalue weighted by Gasteiger charge is -2.25. The number of hydrogen-bond acceptors (Lipinski definition) is 2. The predicted octanol–water partition coefficient (Wildman–Crippen LogP) is 1.65. The summed E-state index contributed by atoms with van der Waals surface area (Å²) in [6.45, 7) is 1.66. The van der Waals surface area contributed by atoms with Crippen LogP contribution in [0.1, 0.15) is 19.8 Å². The minimum atomic E-state index is -1.03. The summed E-state index contributed by atoms with van der Waals surface area (Å²) in [6.07, 6.45) is 9.18. The standard InChI is InChI=1S/C11H14O3/c1-2-9(10(12)13)8-11(14)6-4-3-5-7-11/h2-6,14H,7-8H2,1H3,(H,12,13). The van der Waals surface area contributed by atoms with Crippen molar-refractivity contribution in [2.24, 2.45) is 0 Å². The van der Waals surface area contributed by atoms with Gasteiger partial charge in [0.1, 0.15) is 0 Å². The fourth-order valence-electron chi connectivity index (χ4n) is 1.42. The number of rotatable bonds is 3. The van der Waals surface area contributed by atoms with E-state index in [1.807, 2.05) is 12.2 Å². The number of carboxylic acids is 1. The van der Waals surface area contributed by atoms with Crippen LogP contribution in [0.2, 0.25) is 0 Å². The molecule has 1 atom stereocenters. The van der Waals surface area contributed by atoms with Crippen molar-refractivity contribution in [3.8, 4) is 0 Å². The molecule has 0 aromatic carbocycles. The third-order valence-electron chi connectivity index (χ3n) is 2.24. The van der Waals surface area contributed by atoms with E-state index in [9.17, 15) is 9.90 Å². The van der Waals surface area contributed by atoms with Gasteiger partial charge in [0.2, 0.25) is 0 Å². The first-order valence-electron chi connectivity index (χ1n) is 4.52. The van der Waals surface area contributed by atoms with Crippen molar-refractivity contribution in [3.05, 3.63) is 36.0 Å². The summed E-state index contributed by atoms with van der Waals surface area (Å²) < 4.78 is 0. The molecule has 14 heavy (non-hydrogen) atoms. The van der Waals surface area contributed by atoms with Crippen molar-refractivity contribution in [2.45, 2.75) is 25.4 Å². The Labute approximate surface area is 83.1 Å². The summed E-state index contributed by atoms with van der Waals surface area (Å²) in [5.74, 6) is -0.969. The van der Waals surface area contributed by atoms with Crippen molar-refractivity contribution < 1.29 is 15.0 Å². The molecule has 3 nitrogen and oxygen atoms in total. The molecular weight excluding hydrogens is 180 g/mol. The molecule has 0 radical (unpaired) electrons. The molecule has 1 aliphatic carbocycles. The van der Waals surface area contributed by atoms with Crippen molar-refractivity contribution in [3.63, 3.8) is 0 Å². The number of allylic oxidation sites excluding steroid dienone is 3. The highest BCUT2D eigenvalue weighted by atomic mass is 16.4. The molecule has 2 N–H and O–H groups in total. The van der Waals surface area contributed by atoms with Gasteiger partial charge in [-0.2, -0.15) is 0 Å². The van der Waals surface area contributed by atoms with Crippen LogP contribution in [0, 0.1) is 0 Å². The van der Waals surface area contributed by atoms with Gasteiger partial charge in [0.25, 0.3) is 0 Å². The molecule has 0 amide bonds. The largest absolute Gasteiger partial charge is 0.478 e. The number of carbonyl (C=O) groups is 1. The Morgan fingerprint density at radius 3 is 2.71 bits per heavy atom. The van der Waals surface area contributed by atoms with Crippen LogP contribution in [-0.4, -0.2) is 21.8 Å². The van der Waals surface area contributed by atoms with E-state index >= 15 is 0 Å². The number of aliphatic carboxylic acids is 1. The maximum Gasteiger partial charge on any atom is 0.331 e. The summed E-state index contributed by atoms with van der Waals surface area (Å²) in [7, 11) is 0. The molecule has 0 saturated carbocycles. The summed E-state index contributed by atoms with van der Waals surface area (Å²) in [5.41, 5.74) is -0.790. The van der Waals surface area contributed by atoms with E-state index in [1.165, 1.54) is 6.08 Å². The molecule has 76 valence electrons. The van der Waals surface area contributed by atoms with Crippen LogP contribution in [0.25, 0.3) is 0 Å². The van der Waals surface area contributed by atoms with Gasteiger partial charge in [-0.25, -0.2) is 4.79 Å². The van der Waals surface area contributed by atoms with E-state index in [4.69, 9.17) is 5.11 Å². The quantitative estimate of drug-likeness (QED) is 0.672. The van der Waals surface area contributed by atoms with Gasteiger partial charge in [0.05, 0.1) is 5.60 Å². The van der Waals surface area contributed by atoms with Crippen molar-refractivity contribution in [1.82, 2.24) is 0 Å². The van der Waals surface area contributed by atoms with Gasteiger partial charge in [-0.15, -0.1) is 0 Å². The average molecular weight is 194 g/mol. The van der Waals surface area contributed by atoms with Crippen LogP contribution in [0.15, 0.2) is 36.0 Å². The highest BCUT2D eigenvalue weighted by Crippen LogP contribution is 2.25. The van der Waals surface area contributed by atoms with E-state index < -0.39 is 11.6 Å². The first-order valence-corrected chi connectivity index (χ1v) is 4.52. The van der Waals surface area contributed by atoms with Crippen LogP contribution in [0.3, 0.4) is 0 Å². The third-order valence-corrected chi connectivity index (χ3v) is 2.24. The normalized spacial score (nSPS) is 26.6. The second-order valence-corrected chi connectivity index (χ2v) is 3.39. The molecule has 0 aromatic heterocycles. The van der Waals surface area contributed by atoms with Crippen LogP contribution in [-0.2, 0) is 4.79 Å². The van der Waals surface area contributed by atoms with Crippen molar-refractivity contribution >= 4 is 5.97 Å². The number of hydrogen-bond donors (Lipinski definition) is 2. The summed E-state index contributed by atoms with van der Waals surface area (Å²) in [4.78, 5) is 10.7. The summed E-state index contributed by atoms with van der Waals surface area (Å²) >= 11 is 0. The SMILES string of the molecule is CC=C(CC1(O)C=CC=CC1)C(=O)O. The van der Waals surface area contributed by atoms with Gasteiger partial charge in [0, 0.05) is 12.0 Å². The minimum Gasteiger partial charge on any atom is -0.478 e. The minimum absolute atomic E-state index is 0.152. The molecule has 0 aliphatic heterocycles. The van der Waals surface area contributed by atoms with Gasteiger partial charge in [-0.3, -0.25) is 0 Å². The van der Waals surface area contributed by atoms with Crippen molar-refractivity contribution in [2.75, 3.05) is 0 Å². The topological polar surface area (TPSA) is 57.5 Å². The van der Waals surface area contributed by atoms with E-state index in [0.29, 0.717) is 6.42 Å². The molecule has 0 spiro atoms. The Hall–Kier alpha value is -1.35. The van der Waals surface area contributed by atoms with E-state index in [2.05, 4.69) is 0 Å². The molecule has 1 unspecified atom stereocenters. The fraction of sp³-hybridized carbons (Fsp3) is 0.364. The first kappa shape index (κ1) is 10.7. The second-order valence-electron chi connectivity index (χ2n) is 3.39. The van der Waals surface area contributed by atoms with Crippen molar-refractivity contribution in [1.29, 1.82) is 0 Å². The van der Waals surface area contributed by atoms with Gasteiger partial charge in [-0.1, -0.05) is 30.4 Å². The fourth-order valence-corrected chi connectivity index (χ4v) is 1.42. The molecule has 0 bridgehead atoms. The summed E-state index contributed by atoms with van der Waals surface area (Å²) in [6, 6.07) is 0. The van der Waals surface area contributed by atoms with E-state index in [1.54, 1.807) is 19.1 Å². The molecular formula is C11H14O3. The van der Waals surface area contributed by atoms with Gasteiger partial charge in [-0.05, 0) is 13.3 Å². The smallest absolute Gasteiger partial charge is 0.331 e. The van der Waals surface area contributed by atoms with Crippen LogP contribution < -0.4 is 0 Å². The number of carboxylic acid groups (broad SMARTS) is 1. The zero-order chi connectivity index (χ0) is 10.6. The molecule has 0 fully saturated rings. The van der Waals surface area contributed by atoms with Crippen LogP contribution >= 0.6 is 0 Å². The Morgan fingerprint density at radius 1 is 1.57 bits per heavy atom. The molecule has 0 aromatic rings. The first-order chi connectivity index (χ1) is 6.57. The van der Waals surface area contributed by atoms with Gasteiger partial charge in [0.15, 0.2) is 0 Å². The third kappa shape index (κ3) is 2.57. The highest BCUT2D eigenvalue weighted by Gasteiger charge is 2.26. The number of aliphatic hydroxyl groups is 1. The highest BCUT2D eigenvalue weighted by molar-refractivity contribution is 5.86. The molecule has 3 heteroatoms. The zero-order valence-electron chi connectivity index (χ0n) is 8.10. The Morgan fingerprint density at radius 2 is 2.29 bits per heavy atom. The van der Waals surface area contributed by atoms with Crippen LogP contribution in [0.5, 0.6) is 0 Å². The van der Waals surface area contributed by atoms with Crippen LogP contribution in [0.4, 0.5) is 0 Å². The Bertz CT molecular complexity index is 312. The lowest BCUT2D eigenvalue weighted by molar-refractivity contribution is -0.133. The molecule has 1 aliphatic rings. The summed E-state index contributed by atoms with van der Waals surface area (Å²) in [5, 5.41) is 18.8. The van der Waals surface area contributed by atoms with E-state index in [0.717, 1.165) is 0 Å². The molecule has 0 heterocycles. The van der Waals surface area contributed by atoms with E-state index in [-0.39, 0.29) is 12.0 Å².